The van der Waals surface area contributed by atoms with E-state index in [1.165, 1.54) is 0 Å². The Labute approximate surface area is 131 Å². The van der Waals surface area contributed by atoms with Gasteiger partial charge in [-0.1, -0.05) is 19.1 Å². The van der Waals surface area contributed by atoms with Gasteiger partial charge in [0.15, 0.2) is 0 Å². The SMILES string of the molecule is CCC(=O)N(C)c1ccccc1C(=O)NCC1CNC1.Cl. The molecule has 5 nitrogen and oxygen atoms in total. The van der Waals surface area contributed by atoms with Crippen LogP contribution in [0.15, 0.2) is 24.3 Å². The second-order valence-corrected chi connectivity index (χ2v) is 5.06. The van der Waals surface area contributed by atoms with Crippen LogP contribution in [0.2, 0.25) is 0 Å². The van der Waals surface area contributed by atoms with Gasteiger partial charge in [0.2, 0.25) is 5.91 Å². The van der Waals surface area contributed by atoms with Crippen molar-refractivity contribution in [3.63, 3.8) is 0 Å². The molecule has 1 saturated heterocycles. The summed E-state index contributed by atoms with van der Waals surface area (Å²) in [6.45, 7) is 4.39. The topological polar surface area (TPSA) is 61.4 Å². The first-order valence-corrected chi connectivity index (χ1v) is 6.98. The molecule has 0 radical (unpaired) electrons. The summed E-state index contributed by atoms with van der Waals surface area (Å²) < 4.78 is 0. The van der Waals surface area contributed by atoms with Crippen LogP contribution < -0.4 is 15.5 Å². The lowest BCUT2D eigenvalue weighted by Gasteiger charge is -2.27. The summed E-state index contributed by atoms with van der Waals surface area (Å²) in [5.41, 5.74) is 1.20. The number of carbonyl (C=O) groups excluding carboxylic acids is 2. The number of hydrogen-bond donors (Lipinski definition) is 2. The highest BCUT2D eigenvalue weighted by Crippen LogP contribution is 2.20. The number of amides is 2. The van der Waals surface area contributed by atoms with Gasteiger partial charge in [-0.3, -0.25) is 9.59 Å². The predicted molar refractivity (Wildman–Crippen MR) is 86.1 cm³/mol. The molecular formula is C15H22ClN3O2. The molecule has 1 aliphatic heterocycles. The van der Waals surface area contributed by atoms with Gasteiger partial charge in [-0.25, -0.2) is 0 Å². The normalized spacial score (nSPS) is 13.8. The van der Waals surface area contributed by atoms with E-state index in [0.29, 0.717) is 30.1 Å². The first kappa shape index (κ1) is 17.5. The van der Waals surface area contributed by atoms with Crippen LogP contribution in [-0.4, -0.2) is 38.5 Å². The highest BCUT2D eigenvalue weighted by molar-refractivity contribution is 6.04. The Morgan fingerprint density at radius 2 is 2.00 bits per heavy atom. The van der Waals surface area contributed by atoms with Gasteiger partial charge in [-0.05, 0) is 12.1 Å². The minimum absolute atomic E-state index is 0. The van der Waals surface area contributed by atoms with Crippen LogP contribution in [0.4, 0.5) is 5.69 Å². The van der Waals surface area contributed by atoms with Crippen molar-refractivity contribution in [2.75, 3.05) is 31.6 Å². The molecule has 1 aromatic rings. The minimum atomic E-state index is -0.122. The molecule has 0 unspecified atom stereocenters. The van der Waals surface area contributed by atoms with Crippen LogP contribution in [0.25, 0.3) is 0 Å². The van der Waals surface area contributed by atoms with E-state index in [0.717, 1.165) is 13.1 Å². The lowest BCUT2D eigenvalue weighted by molar-refractivity contribution is -0.118. The standard InChI is InChI=1S/C15H21N3O2.ClH/c1-3-14(19)18(2)13-7-5-4-6-12(13)15(20)17-10-11-8-16-9-11;/h4-7,11,16H,3,8-10H2,1-2H3,(H,17,20);1H. The number of para-hydroxylation sites is 1. The number of anilines is 1. The lowest BCUT2D eigenvalue weighted by Crippen LogP contribution is -2.48. The van der Waals surface area contributed by atoms with Gasteiger partial charge in [0.1, 0.15) is 0 Å². The Morgan fingerprint density at radius 3 is 2.57 bits per heavy atom. The maximum atomic E-state index is 12.3. The van der Waals surface area contributed by atoms with Gasteiger partial charge in [0.05, 0.1) is 11.3 Å². The van der Waals surface area contributed by atoms with E-state index in [2.05, 4.69) is 10.6 Å². The third kappa shape index (κ3) is 4.19. The van der Waals surface area contributed by atoms with Gasteiger partial charge < -0.3 is 15.5 Å². The van der Waals surface area contributed by atoms with Gasteiger partial charge >= 0.3 is 0 Å². The van der Waals surface area contributed by atoms with Crippen molar-refractivity contribution >= 4 is 29.9 Å². The number of benzene rings is 1. The Kier molecular flexibility index (Phi) is 6.65. The molecule has 21 heavy (non-hydrogen) atoms. The molecule has 0 bridgehead atoms. The van der Waals surface area contributed by atoms with Crippen LogP contribution in [0.5, 0.6) is 0 Å². The number of rotatable bonds is 5. The van der Waals surface area contributed by atoms with Crippen molar-refractivity contribution in [2.45, 2.75) is 13.3 Å². The number of halogens is 1. The summed E-state index contributed by atoms with van der Waals surface area (Å²) in [5.74, 6) is 0.387. The Morgan fingerprint density at radius 1 is 1.33 bits per heavy atom. The third-order valence-corrected chi connectivity index (χ3v) is 3.60. The number of hydrogen-bond acceptors (Lipinski definition) is 3. The van der Waals surface area contributed by atoms with Crippen molar-refractivity contribution in [1.29, 1.82) is 0 Å². The fourth-order valence-corrected chi connectivity index (χ4v) is 2.15. The largest absolute Gasteiger partial charge is 0.352 e. The molecule has 1 aliphatic rings. The fraction of sp³-hybridized carbons (Fsp3) is 0.467. The minimum Gasteiger partial charge on any atom is -0.352 e. The number of carbonyl (C=O) groups is 2. The van der Waals surface area contributed by atoms with Crippen LogP contribution >= 0.6 is 12.4 Å². The first-order chi connectivity index (χ1) is 9.63. The lowest BCUT2D eigenvalue weighted by atomic mass is 10.0. The van der Waals surface area contributed by atoms with E-state index < -0.39 is 0 Å². The van der Waals surface area contributed by atoms with E-state index in [1.807, 2.05) is 19.1 Å². The number of nitrogens with zero attached hydrogens (tertiary/aromatic N) is 1. The predicted octanol–water partition coefficient (Wildman–Crippen LogP) is 1.43. The summed E-state index contributed by atoms with van der Waals surface area (Å²) in [5, 5.41) is 6.11. The smallest absolute Gasteiger partial charge is 0.253 e. The Hall–Kier alpha value is -1.59. The fourth-order valence-electron chi connectivity index (χ4n) is 2.15. The van der Waals surface area contributed by atoms with Crippen molar-refractivity contribution in [3.05, 3.63) is 29.8 Å². The average Bonchev–Trinajstić information content (AvgIpc) is 2.43. The molecule has 1 aromatic carbocycles. The Bertz CT molecular complexity index is 503. The molecule has 0 atom stereocenters. The van der Waals surface area contributed by atoms with Gasteiger partial charge in [0, 0.05) is 39.0 Å². The summed E-state index contributed by atoms with van der Waals surface area (Å²) in [6.07, 6.45) is 0.417. The summed E-state index contributed by atoms with van der Waals surface area (Å²) in [7, 11) is 1.70. The molecule has 1 fully saturated rings. The third-order valence-electron chi connectivity index (χ3n) is 3.60. The summed E-state index contributed by atoms with van der Waals surface area (Å²) in [4.78, 5) is 25.6. The van der Waals surface area contributed by atoms with Crippen LogP contribution in [0, 0.1) is 5.92 Å². The molecule has 0 aromatic heterocycles. The van der Waals surface area contributed by atoms with E-state index in [1.54, 1.807) is 24.1 Å². The van der Waals surface area contributed by atoms with E-state index in [-0.39, 0.29) is 24.2 Å². The highest BCUT2D eigenvalue weighted by atomic mass is 35.5. The second kappa shape index (κ2) is 8.00. The zero-order valence-corrected chi connectivity index (χ0v) is 13.2. The molecule has 1 heterocycles. The van der Waals surface area contributed by atoms with Crippen molar-refractivity contribution in [1.82, 2.24) is 10.6 Å². The summed E-state index contributed by atoms with van der Waals surface area (Å²) in [6, 6.07) is 7.20. The molecule has 2 rings (SSSR count). The second-order valence-electron chi connectivity index (χ2n) is 5.06. The van der Waals surface area contributed by atoms with E-state index in [9.17, 15) is 9.59 Å². The summed E-state index contributed by atoms with van der Waals surface area (Å²) >= 11 is 0. The molecule has 6 heteroatoms. The maximum Gasteiger partial charge on any atom is 0.253 e. The van der Waals surface area contributed by atoms with Crippen molar-refractivity contribution in [2.24, 2.45) is 5.92 Å². The van der Waals surface area contributed by atoms with Gasteiger partial charge in [0.25, 0.3) is 5.91 Å². The average molecular weight is 312 g/mol. The van der Waals surface area contributed by atoms with Crippen molar-refractivity contribution < 1.29 is 9.59 Å². The van der Waals surface area contributed by atoms with Gasteiger partial charge in [-0.15, -0.1) is 12.4 Å². The molecule has 0 saturated carbocycles. The van der Waals surface area contributed by atoms with E-state index >= 15 is 0 Å². The van der Waals surface area contributed by atoms with Crippen LogP contribution in [0.1, 0.15) is 23.7 Å². The molecule has 2 amide bonds. The highest BCUT2D eigenvalue weighted by Gasteiger charge is 2.20. The molecular weight excluding hydrogens is 290 g/mol. The van der Waals surface area contributed by atoms with Crippen LogP contribution in [0.3, 0.4) is 0 Å². The molecule has 0 aliphatic carbocycles. The maximum absolute atomic E-state index is 12.3. The van der Waals surface area contributed by atoms with Crippen molar-refractivity contribution in [3.8, 4) is 0 Å². The van der Waals surface area contributed by atoms with E-state index in [4.69, 9.17) is 0 Å². The quantitative estimate of drug-likeness (QED) is 0.865. The molecule has 0 spiro atoms. The molecule has 2 N–H and O–H groups in total. The van der Waals surface area contributed by atoms with Gasteiger partial charge in [-0.2, -0.15) is 0 Å². The zero-order valence-electron chi connectivity index (χ0n) is 12.4. The number of nitrogens with one attached hydrogen (secondary N) is 2. The first-order valence-electron chi connectivity index (χ1n) is 6.98. The monoisotopic (exact) mass is 311 g/mol. The Balaban J connectivity index is 0.00000220. The van der Waals surface area contributed by atoms with Crippen LogP contribution in [-0.2, 0) is 4.79 Å². The molecule has 116 valence electrons. The zero-order chi connectivity index (χ0) is 14.5.